The van der Waals surface area contributed by atoms with Crippen molar-refractivity contribution in [2.45, 2.75) is 77.4 Å². The van der Waals surface area contributed by atoms with E-state index in [0.717, 1.165) is 28.3 Å². The summed E-state index contributed by atoms with van der Waals surface area (Å²) in [5.74, 6) is 1.62. The molecule has 3 heterocycles. The van der Waals surface area contributed by atoms with E-state index < -0.39 is 6.03 Å². The Bertz CT molecular complexity index is 1750. The predicted octanol–water partition coefficient (Wildman–Crippen LogP) is 5.52. The van der Waals surface area contributed by atoms with Crippen molar-refractivity contribution >= 4 is 23.4 Å². The molecule has 4 aromatic rings. The van der Waals surface area contributed by atoms with E-state index in [9.17, 15) is 9.59 Å². The van der Waals surface area contributed by atoms with Gasteiger partial charge in [-0.05, 0) is 50.2 Å². The van der Waals surface area contributed by atoms with E-state index in [0.29, 0.717) is 31.6 Å². The molecule has 12 nitrogen and oxygen atoms in total. The molecule has 0 aliphatic heterocycles. The van der Waals surface area contributed by atoms with Gasteiger partial charge in [0.1, 0.15) is 23.5 Å². The normalized spacial score (nSPS) is 16.6. The number of carbonyl (C=O) groups excluding carboxylic acids is 2. The minimum absolute atomic E-state index is 0.0521. The van der Waals surface area contributed by atoms with Crippen molar-refractivity contribution in [2.75, 3.05) is 39.5 Å². The van der Waals surface area contributed by atoms with E-state index in [-0.39, 0.29) is 40.5 Å². The molecule has 2 atom stereocenters. The maximum atomic E-state index is 13.4. The number of likely N-dealkylation sites (N-methyl/N-ethyl adjacent to an activating group) is 2. The zero-order chi connectivity index (χ0) is 34.1. The molecule has 2 N–H and O–H groups in total. The zero-order valence-corrected chi connectivity index (χ0v) is 29.0. The van der Waals surface area contributed by atoms with Crippen LogP contribution in [-0.2, 0) is 10.8 Å². The molecule has 1 aromatic carbocycles. The van der Waals surface area contributed by atoms with Crippen LogP contribution >= 0.6 is 0 Å². The van der Waals surface area contributed by atoms with Crippen LogP contribution in [0.4, 0.5) is 10.6 Å². The lowest BCUT2D eigenvalue weighted by atomic mass is 9.85. The van der Waals surface area contributed by atoms with Crippen molar-refractivity contribution in [2.24, 2.45) is 0 Å². The van der Waals surface area contributed by atoms with Crippen LogP contribution in [-0.4, -0.2) is 80.5 Å². The lowest BCUT2D eigenvalue weighted by Crippen LogP contribution is -2.37. The first-order valence-electron chi connectivity index (χ1n) is 16.1. The fourth-order valence-corrected chi connectivity index (χ4v) is 5.56. The summed E-state index contributed by atoms with van der Waals surface area (Å²) >= 11 is 0. The number of aromatic nitrogens is 5. The molecular formula is C35H47N9O3. The van der Waals surface area contributed by atoms with Gasteiger partial charge in [-0.2, -0.15) is 0 Å². The molecule has 3 aromatic heterocycles. The quantitative estimate of drug-likeness (QED) is 0.257. The van der Waals surface area contributed by atoms with Gasteiger partial charge in [-0.15, -0.1) is 10.2 Å². The maximum absolute atomic E-state index is 13.4. The van der Waals surface area contributed by atoms with Crippen LogP contribution in [0.25, 0.3) is 5.65 Å². The van der Waals surface area contributed by atoms with Crippen molar-refractivity contribution < 1.29 is 14.3 Å². The summed E-state index contributed by atoms with van der Waals surface area (Å²) in [4.78, 5) is 39.3. The van der Waals surface area contributed by atoms with Crippen LogP contribution < -0.4 is 15.4 Å². The molecule has 0 saturated carbocycles. The summed E-state index contributed by atoms with van der Waals surface area (Å²) in [7, 11) is 5.64. The van der Waals surface area contributed by atoms with E-state index in [2.05, 4.69) is 51.6 Å². The van der Waals surface area contributed by atoms with Gasteiger partial charge in [-0.3, -0.25) is 14.5 Å². The summed E-state index contributed by atoms with van der Waals surface area (Å²) in [5, 5.41) is 14.7. The second kappa shape index (κ2) is 13.3. The third-order valence-corrected chi connectivity index (χ3v) is 8.22. The van der Waals surface area contributed by atoms with Crippen molar-refractivity contribution in [1.29, 1.82) is 0 Å². The number of nitrogens with one attached hydrogen (secondary N) is 2. The summed E-state index contributed by atoms with van der Waals surface area (Å²) in [6.07, 6.45) is 3.14. The minimum atomic E-state index is -0.408. The number of pyridine rings is 1. The number of hydrogen-bond donors (Lipinski definition) is 2. The molecule has 0 bridgehead atoms. The van der Waals surface area contributed by atoms with Crippen LogP contribution in [0.1, 0.15) is 99.8 Å². The largest absolute Gasteiger partial charge is 0.484 e. The first kappa shape index (κ1) is 33.8. The fourth-order valence-electron chi connectivity index (χ4n) is 5.56. The highest BCUT2D eigenvalue weighted by Crippen LogP contribution is 2.39. The number of hydrogen-bond acceptors (Lipinski definition) is 8. The Hall–Kier alpha value is -4.58. The Morgan fingerprint density at radius 2 is 1.64 bits per heavy atom. The van der Waals surface area contributed by atoms with Crippen LogP contribution in [0.15, 0.2) is 48.7 Å². The van der Waals surface area contributed by atoms with Gasteiger partial charge in [0.2, 0.25) is 5.82 Å². The van der Waals surface area contributed by atoms with Gasteiger partial charge in [0.15, 0.2) is 5.65 Å². The number of fused-ring (bicyclic) bond motifs is 2. The molecule has 0 spiro atoms. The smallest absolute Gasteiger partial charge is 0.320 e. The summed E-state index contributed by atoms with van der Waals surface area (Å²) in [6, 6.07) is 13.0. The van der Waals surface area contributed by atoms with Gasteiger partial charge in [-0.1, -0.05) is 65.8 Å². The second-order valence-electron chi connectivity index (χ2n) is 14.6. The topological polar surface area (TPSA) is 130 Å². The summed E-state index contributed by atoms with van der Waals surface area (Å²) in [6.45, 7) is 13.6. The average Bonchev–Trinajstić information content (AvgIpc) is 3.44. The predicted molar refractivity (Wildman–Crippen MR) is 182 cm³/mol. The van der Waals surface area contributed by atoms with Crippen molar-refractivity contribution in [1.82, 2.24) is 39.7 Å². The number of amides is 3. The molecule has 5 rings (SSSR count). The van der Waals surface area contributed by atoms with Crippen LogP contribution in [0.5, 0.6) is 5.75 Å². The van der Waals surface area contributed by atoms with E-state index in [1.165, 1.54) is 0 Å². The Morgan fingerprint density at radius 3 is 2.32 bits per heavy atom. The first-order valence-corrected chi connectivity index (χ1v) is 16.1. The monoisotopic (exact) mass is 641 g/mol. The lowest BCUT2D eigenvalue weighted by Gasteiger charge is -2.32. The summed E-state index contributed by atoms with van der Waals surface area (Å²) in [5.41, 5.74) is 2.92. The number of ether oxygens (including phenoxy) is 1. The number of benzene rings is 1. The first-order chi connectivity index (χ1) is 22.1. The van der Waals surface area contributed by atoms with E-state index in [1.807, 2.05) is 86.8 Å². The molecule has 12 heteroatoms. The number of anilines is 1. The highest BCUT2D eigenvalue weighted by Gasteiger charge is 2.30. The lowest BCUT2D eigenvalue weighted by molar-refractivity contribution is 0.0773. The third kappa shape index (κ3) is 7.87. The molecule has 47 heavy (non-hydrogen) atoms. The minimum Gasteiger partial charge on any atom is -0.484 e. The summed E-state index contributed by atoms with van der Waals surface area (Å²) < 4.78 is 8.53. The van der Waals surface area contributed by atoms with E-state index in [4.69, 9.17) is 4.74 Å². The fraction of sp³-hybridized carbons (Fsp3) is 0.486. The van der Waals surface area contributed by atoms with Gasteiger partial charge in [-0.25, -0.2) is 14.8 Å². The number of rotatable bonds is 8. The number of carbonyl (C=O) groups is 2. The van der Waals surface area contributed by atoms with Gasteiger partial charge in [0, 0.05) is 37.0 Å². The van der Waals surface area contributed by atoms with Gasteiger partial charge >= 0.3 is 6.03 Å². The molecule has 1 aliphatic rings. The zero-order valence-electron chi connectivity index (χ0n) is 29.0. The maximum Gasteiger partial charge on any atom is 0.320 e. The Labute approximate surface area is 276 Å². The van der Waals surface area contributed by atoms with Gasteiger partial charge < -0.3 is 19.9 Å². The molecule has 0 saturated heterocycles. The molecule has 0 fully saturated rings. The molecule has 3 amide bonds. The highest BCUT2D eigenvalue weighted by molar-refractivity contribution is 5.92. The van der Waals surface area contributed by atoms with Gasteiger partial charge in [0.05, 0.1) is 17.9 Å². The molecular weight excluding hydrogens is 594 g/mol. The highest BCUT2D eigenvalue weighted by atomic mass is 16.5. The van der Waals surface area contributed by atoms with Crippen LogP contribution in [0, 0.1) is 0 Å². The Morgan fingerprint density at radius 1 is 0.915 bits per heavy atom. The van der Waals surface area contributed by atoms with Crippen LogP contribution in [0.3, 0.4) is 0 Å². The Kier molecular flexibility index (Phi) is 9.53. The molecule has 0 radical (unpaired) electrons. The molecule has 250 valence electrons. The SMILES string of the molecule is CN(C)CCN(C)C(=O)c1nc(NC(=O)N[C@H]2CC[C@@H](Oc3ccc4nnc(C(C)(C)C)n4c3)c3ccccc32)cc(C(C)(C)C)n1. The standard InChI is InChI=1S/C35H47N9O3/c1-34(2,3)27-20-28(38-30(37-27)31(45)43(9)19-18-42(7)8)39-33(46)36-25-15-16-26(24-13-11-10-12-23(24)25)47-22-14-17-29-40-41-32(35(4,5)6)44(29)21-22/h10-14,17,20-21,25-26H,15-16,18-19H2,1-9H3,(H2,36,37,38,39,46)/t25-,26+/m0/s1. The number of urea groups is 1. The molecule has 1 aliphatic carbocycles. The van der Waals surface area contributed by atoms with Crippen LogP contribution in [0.2, 0.25) is 0 Å². The third-order valence-electron chi connectivity index (χ3n) is 8.22. The molecule has 0 unspecified atom stereocenters. The van der Waals surface area contributed by atoms with E-state index in [1.54, 1.807) is 18.0 Å². The second-order valence-corrected chi connectivity index (χ2v) is 14.6. The Balaban J connectivity index is 1.32. The average molecular weight is 642 g/mol. The van der Waals surface area contributed by atoms with Crippen molar-refractivity contribution in [3.8, 4) is 5.75 Å². The van der Waals surface area contributed by atoms with Crippen molar-refractivity contribution in [3.05, 3.63) is 77.1 Å². The van der Waals surface area contributed by atoms with Gasteiger partial charge in [0.25, 0.3) is 5.91 Å². The van der Waals surface area contributed by atoms with Crippen molar-refractivity contribution in [3.63, 3.8) is 0 Å². The number of nitrogens with zero attached hydrogens (tertiary/aromatic N) is 7. The van der Waals surface area contributed by atoms with E-state index >= 15 is 0 Å².